The molecule has 1 fully saturated rings. The van der Waals surface area contributed by atoms with Crippen molar-refractivity contribution in [1.29, 1.82) is 0 Å². The average Bonchev–Trinajstić information content (AvgIpc) is 3.01. The Hall–Kier alpha value is -2.24. The third-order valence-corrected chi connectivity index (χ3v) is 3.99. The van der Waals surface area contributed by atoms with Crippen LogP contribution in [-0.4, -0.2) is 47.7 Å². The van der Waals surface area contributed by atoms with Crippen molar-refractivity contribution in [3.05, 3.63) is 24.3 Å². The quantitative estimate of drug-likeness (QED) is 0.869. The summed E-state index contributed by atoms with van der Waals surface area (Å²) in [6.07, 6.45) is 0.439. The zero-order chi connectivity index (χ0) is 17.0. The number of aliphatic carboxylic acids is 1. The van der Waals surface area contributed by atoms with Crippen LogP contribution in [0, 0.1) is 5.92 Å². The number of likely N-dealkylation sites (tertiary alicyclic amines) is 1. The number of hydrogen-bond acceptors (Lipinski definition) is 4. The highest BCUT2D eigenvalue weighted by Gasteiger charge is 2.39. The fraction of sp³-hybridized carbons (Fsp3) is 0.529. The SMILES string of the molecule is COc1ccccc1OC(C(=O)N1CCCC1C(=O)O)C(C)C. The van der Waals surface area contributed by atoms with E-state index in [1.807, 2.05) is 19.9 Å². The number of rotatable bonds is 6. The molecular formula is C17H23NO5. The van der Waals surface area contributed by atoms with Crippen LogP contribution in [0.15, 0.2) is 24.3 Å². The third-order valence-electron chi connectivity index (χ3n) is 3.99. The lowest BCUT2D eigenvalue weighted by atomic mass is 10.1. The van der Waals surface area contributed by atoms with Gasteiger partial charge in [-0.25, -0.2) is 4.79 Å². The number of ether oxygens (including phenoxy) is 2. The summed E-state index contributed by atoms with van der Waals surface area (Å²) in [6.45, 7) is 4.21. The third kappa shape index (κ3) is 3.75. The number of amides is 1. The van der Waals surface area contributed by atoms with Crippen LogP contribution >= 0.6 is 0 Å². The number of carboxylic acids is 1. The minimum Gasteiger partial charge on any atom is -0.493 e. The number of para-hydroxylation sites is 2. The fourth-order valence-electron chi connectivity index (χ4n) is 2.78. The van der Waals surface area contributed by atoms with E-state index in [9.17, 15) is 14.7 Å². The molecule has 1 aliphatic rings. The van der Waals surface area contributed by atoms with Crippen molar-refractivity contribution >= 4 is 11.9 Å². The van der Waals surface area contributed by atoms with E-state index in [1.54, 1.807) is 18.2 Å². The molecule has 2 unspecified atom stereocenters. The van der Waals surface area contributed by atoms with Gasteiger partial charge < -0.3 is 19.5 Å². The van der Waals surface area contributed by atoms with Crippen molar-refractivity contribution in [3.8, 4) is 11.5 Å². The van der Waals surface area contributed by atoms with Gasteiger partial charge in [0.2, 0.25) is 0 Å². The molecule has 1 N–H and O–H groups in total. The van der Waals surface area contributed by atoms with Gasteiger partial charge in [-0.3, -0.25) is 4.79 Å². The largest absolute Gasteiger partial charge is 0.493 e. The molecule has 2 rings (SSSR count). The first-order chi connectivity index (χ1) is 11.0. The molecule has 0 aromatic heterocycles. The summed E-state index contributed by atoms with van der Waals surface area (Å²) in [5.41, 5.74) is 0. The standard InChI is InChI=1S/C17H23NO5/c1-11(2)15(23-14-9-5-4-8-13(14)22-3)16(19)18-10-6-7-12(18)17(20)21/h4-5,8-9,11-12,15H,6-7,10H2,1-3H3,(H,20,21). The number of hydrogen-bond donors (Lipinski definition) is 1. The Balaban J connectivity index is 2.21. The van der Waals surface area contributed by atoms with E-state index in [2.05, 4.69) is 0 Å². The molecule has 1 aliphatic heterocycles. The van der Waals surface area contributed by atoms with Crippen molar-refractivity contribution in [1.82, 2.24) is 4.90 Å². The first-order valence-corrected chi connectivity index (χ1v) is 7.78. The van der Waals surface area contributed by atoms with E-state index in [4.69, 9.17) is 9.47 Å². The number of carboxylic acid groups (broad SMARTS) is 1. The van der Waals surface area contributed by atoms with Crippen molar-refractivity contribution in [3.63, 3.8) is 0 Å². The second-order valence-corrected chi connectivity index (χ2v) is 5.96. The molecule has 2 atom stereocenters. The molecule has 1 heterocycles. The Morgan fingerprint density at radius 3 is 2.48 bits per heavy atom. The molecule has 0 saturated carbocycles. The maximum atomic E-state index is 12.8. The highest BCUT2D eigenvalue weighted by molar-refractivity contribution is 5.87. The maximum absolute atomic E-state index is 12.8. The predicted octanol–water partition coefficient (Wildman–Crippen LogP) is 2.17. The molecule has 6 nitrogen and oxygen atoms in total. The van der Waals surface area contributed by atoms with Crippen LogP contribution in [0.1, 0.15) is 26.7 Å². The minimum atomic E-state index is -0.962. The number of nitrogens with zero attached hydrogens (tertiary/aromatic N) is 1. The van der Waals surface area contributed by atoms with Crippen LogP contribution < -0.4 is 9.47 Å². The number of carbonyl (C=O) groups excluding carboxylic acids is 1. The summed E-state index contributed by atoms with van der Waals surface area (Å²) in [5, 5.41) is 9.27. The van der Waals surface area contributed by atoms with Gasteiger partial charge in [0.05, 0.1) is 7.11 Å². The lowest BCUT2D eigenvalue weighted by molar-refractivity contribution is -0.152. The Morgan fingerprint density at radius 2 is 1.91 bits per heavy atom. The monoisotopic (exact) mass is 321 g/mol. The van der Waals surface area contributed by atoms with Crippen molar-refractivity contribution in [2.45, 2.75) is 38.8 Å². The summed E-state index contributed by atoms with van der Waals surface area (Å²) >= 11 is 0. The first kappa shape index (κ1) is 17.1. The van der Waals surface area contributed by atoms with Gasteiger partial charge in [0.15, 0.2) is 17.6 Å². The predicted molar refractivity (Wildman–Crippen MR) is 84.6 cm³/mol. The fourth-order valence-corrected chi connectivity index (χ4v) is 2.78. The van der Waals surface area contributed by atoms with E-state index in [1.165, 1.54) is 12.0 Å². The molecule has 1 aromatic carbocycles. The molecule has 0 radical (unpaired) electrons. The Kier molecular flexibility index (Phi) is 5.47. The molecule has 0 bridgehead atoms. The van der Waals surface area contributed by atoms with Gasteiger partial charge in [-0.05, 0) is 30.9 Å². The van der Waals surface area contributed by atoms with E-state index < -0.39 is 18.1 Å². The van der Waals surface area contributed by atoms with Crippen LogP contribution in [0.5, 0.6) is 11.5 Å². The Bertz CT molecular complexity index is 572. The molecule has 1 saturated heterocycles. The summed E-state index contributed by atoms with van der Waals surface area (Å²) in [5.74, 6) is -0.316. The molecule has 23 heavy (non-hydrogen) atoms. The maximum Gasteiger partial charge on any atom is 0.326 e. The topological polar surface area (TPSA) is 76.1 Å². The second kappa shape index (κ2) is 7.35. The Morgan fingerprint density at radius 1 is 1.26 bits per heavy atom. The van der Waals surface area contributed by atoms with Crippen molar-refractivity contribution in [2.75, 3.05) is 13.7 Å². The van der Waals surface area contributed by atoms with Crippen molar-refractivity contribution < 1.29 is 24.2 Å². The second-order valence-electron chi connectivity index (χ2n) is 5.96. The molecule has 1 amide bonds. The van der Waals surface area contributed by atoms with Crippen LogP contribution in [0.4, 0.5) is 0 Å². The normalized spacial score (nSPS) is 18.8. The van der Waals surface area contributed by atoms with E-state index >= 15 is 0 Å². The van der Waals surface area contributed by atoms with Gasteiger partial charge in [0, 0.05) is 6.54 Å². The van der Waals surface area contributed by atoms with Crippen LogP contribution in [0.3, 0.4) is 0 Å². The van der Waals surface area contributed by atoms with E-state index in [-0.39, 0.29) is 11.8 Å². The minimum absolute atomic E-state index is 0.0949. The summed E-state index contributed by atoms with van der Waals surface area (Å²) < 4.78 is 11.1. The van der Waals surface area contributed by atoms with Crippen LogP contribution in [0.2, 0.25) is 0 Å². The highest BCUT2D eigenvalue weighted by Crippen LogP contribution is 2.29. The van der Waals surface area contributed by atoms with Gasteiger partial charge in [-0.1, -0.05) is 26.0 Å². The van der Waals surface area contributed by atoms with E-state index in [0.717, 1.165) is 0 Å². The summed E-state index contributed by atoms with van der Waals surface area (Å²) in [6, 6.07) is 6.35. The van der Waals surface area contributed by atoms with Gasteiger partial charge in [0.25, 0.3) is 5.91 Å². The van der Waals surface area contributed by atoms with Gasteiger partial charge in [0.1, 0.15) is 6.04 Å². The van der Waals surface area contributed by atoms with E-state index in [0.29, 0.717) is 30.9 Å². The number of carbonyl (C=O) groups is 2. The Labute approximate surface area is 136 Å². The lowest BCUT2D eigenvalue weighted by Crippen LogP contribution is -2.49. The smallest absolute Gasteiger partial charge is 0.326 e. The van der Waals surface area contributed by atoms with Crippen LogP contribution in [-0.2, 0) is 9.59 Å². The lowest BCUT2D eigenvalue weighted by Gasteiger charge is -2.29. The molecule has 0 spiro atoms. The van der Waals surface area contributed by atoms with Gasteiger partial charge in [-0.15, -0.1) is 0 Å². The molecule has 1 aromatic rings. The summed E-state index contributed by atoms with van der Waals surface area (Å²) in [7, 11) is 1.54. The summed E-state index contributed by atoms with van der Waals surface area (Å²) in [4.78, 5) is 25.5. The van der Waals surface area contributed by atoms with Crippen LogP contribution in [0.25, 0.3) is 0 Å². The molecule has 126 valence electrons. The molecule has 6 heteroatoms. The van der Waals surface area contributed by atoms with Gasteiger partial charge >= 0.3 is 5.97 Å². The first-order valence-electron chi connectivity index (χ1n) is 7.78. The number of benzene rings is 1. The van der Waals surface area contributed by atoms with Crippen molar-refractivity contribution in [2.24, 2.45) is 5.92 Å². The zero-order valence-corrected chi connectivity index (χ0v) is 13.7. The number of methoxy groups -OCH3 is 1. The molecule has 0 aliphatic carbocycles. The highest BCUT2D eigenvalue weighted by atomic mass is 16.5. The van der Waals surface area contributed by atoms with Gasteiger partial charge in [-0.2, -0.15) is 0 Å². The average molecular weight is 321 g/mol. The molecular weight excluding hydrogens is 298 g/mol. The zero-order valence-electron chi connectivity index (χ0n) is 13.7.